The fourth-order valence-corrected chi connectivity index (χ4v) is 3.42. The summed E-state index contributed by atoms with van der Waals surface area (Å²) in [6.07, 6.45) is 1.79. The van der Waals surface area contributed by atoms with E-state index < -0.39 is 11.6 Å². The van der Waals surface area contributed by atoms with Crippen LogP contribution < -0.4 is 15.0 Å². The third-order valence-electron chi connectivity index (χ3n) is 4.85. The molecule has 3 rings (SSSR count). The van der Waals surface area contributed by atoms with Gasteiger partial charge in [0.05, 0.1) is 19.4 Å². The van der Waals surface area contributed by atoms with Gasteiger partial charge < -0.3 is 14.4 Å². The molecule has 146 valence electrons. The Kier molecular flexibility index (Phi) is 5.20. The van der Waals surface area contributed by atoms with Crippen LogP contribution in [0.2, 0.25) is 0 Å². The number of hydrogen-bond donors (Lipinski definition) is 1. The van der Waals surface area contributed by atoms with Gasteiger partial charge in [0.25, 0.3) is 5.91 Å². The van der Waals surface area contributed by atoms with Crippen LogP contribution in [0.3, 0.4) is 0 Å². The molecule has 0 aliphatic carbocycles. The van der Waals surface area contributed by atoms with Crippen LogP contribution in [0.15, 0.2) is 18.3 Å². The molecule has 1 aromatic heterocycles. The van der Waals surface area contributed by atoms with Crippen LogP contribution in [-0.4, -0.2) is 60.3 Å². The monoisotopic (exact) mass is 376 g/mol. The molecule has 1 spiro atoms. The molecule has 1 N–H and O–H groups in total. The molecule has 2 aliphatic heterocycles. The highest BCUT2D eigenvalue weighted by Gasteiger charge is 2.55. The van der Waals surface area contributed by atoms with Gasteiger partial charge in [-0.3, -0.25) is 15.0 Å². The topological polar surface area (TPSA) is 101 Å². The summed E-state index contributed by atoms with van der Waals surface area (Å²) in [7, 11) is 1.48. The Morgan fingerprint density at radius 3 is 2.67 bits per heavy atom. The summed E-state index contributed by atoms with van der Waals surface area (Å²) >= 11 is 0. The third-order valence-corrected chi connectivity index (χ3v) is 4.85. The smallest absolute Gasteiger partial charge is 0.409 e. The molecule has 3 heterocycles. The summed E-state index contributed by atoms with van der Waals surface area (Å²) in [4.78, 5) is 44.4. The van der Waals surface area contributed by atoms with E-state index in [9.17, 15) is 14.4 Å². The number of pyridine rings is 1. The highest BCUT2D eigenvalue weighted by molar-refractivity contribution is 6.17. The highest BCUT2D eigenvalue weighted by Crippen LogP contribution is 2.37. The summed E-state index contributed by atoms with van der Waals surface area (Å²) in [5.41, 5.74) is -0.501. The van der Waals surface area contributed by atoms with Crippen molar-refractivity contribution in [3.8, 4) is 5.88 Å². The molecule has 2 saturated heterocycles. The molecule has 27 heavy (non-hydrogen) atoms. The molecule has 9 nitrogen and oxygen atoms in total. The van der Waals surface area contributed by atoms with Crippen molar-refractivity contribution in [2.45, 2.75) is 32.2 Å². The van der Waals surface area contributed by atoms with Gasteiger partial charge in [-0.1, -0.05) is 13.8 Å². The lowest BCUT2D eigenvalue weighted by Crippen LogP contribution is -2.57. The molecular formula is C18H24N4O5. The van der Waals surface area contributed by atoms with Crippen molar-refractivity contribution in [1.82, 2.24) is 15.2 Å². The summed E-state index contributed by atoms with van der Waals surface area (Å²) in [6.45, 7) is 4.94. The molecule has 1 aromatic rings. The number of likely N-dealkylation sites (tertiary alicyclic amines) is 1. The predicted octanol–water partition coefficient (Wildman–Crippen LogP) is 1.77. The van der Waals surface area contributed by atoms with E-state index in [1.165, 1.54) is 18.2 Å². The molecule has 0 aromatic carbocycles. The third kappa shape index (κ3) is 3.54. The van der Waals surface area contributed by atoms with Crippen LogP contribution in [0, 0.1) is 5.92 Å². The number of rotatable bonds is 4. The average Bonchev–Trinajstić information content (AvgIpc) is 2.89. The summed E-state index contributed by atoms with van der Waals surface area (Å²) in [5, 5.41) is 2.40. The molecule has 0 saturated carbocycles. The maximum atomic E-state index is 12.6. The van der Waals surface area contributed by atoms with E-state index in [1.54, 1.807) is 17.0 Å². The lowest BCUT2D eigenvalue weighted by molar-refractivity contribution is -0.124. The quantitative estimate of drug-likeness (QED) is 0.804. The molecule has 0 bridgehead atoms. The minimum absolute atomic E-state index is 0.250. The predicted molar refractivity (Wildman–Crippen MR) is 96.5 cm³/mol. The fraction of sp³-hybridized carbons (Fsp3) is 0.556. The van der Waals surface area contributed by atoms with E-state index in [-0.39, 0.29) is 17.9 Å². The van der Waals surface area contributed by atoms with Crippen LogP contribution in [0.1, 0.15) is 26.7 Å². The number of piperidine rings is 1. The van der Waals surface area contributed by atoms with E-state index in [0.29, 0.717) is 44.1 Å². The second-order valence-corrected chi connectivity index (χ2v) is 7.14. The zero-order valence-corrected chi connectivity index (χ0v) is 15.7. The molecule has 2 fully saturated rings. The van der Waals surface area contributed by atoms with Crippen LogP contribution in [0.25, 0.3) is 0 Å². The Labute approximate surface area is 157 Å². The maximum absolute atomic E-state index is 12.6. The average molecular weight is 376 g/mol. The molecule has 0 atom stereocenters. The Morgan fingerprint density at radius 2 is 2.04 bits per heavy atom. The number of carbonyl (C=O) groups excluding carboxylic acids is 3. The van der Waals surface area contributed by atoms with Gasteiger partial charge >= 0.3 is 12.1 Å². The summed E-state index contributed by atoms with van der Waals surface area (Å²) in [6, 6.07) is 2.79. The number of ether oxygens (including phenoxy) is 2. The molecule has 0 unspecified atom stereocenters. The Morgan fingerprint density at radius 1 is 1.33 bits per heavy atom. The molecule has 0 radical (unpaired) electrons. The minimum Gasteiger partial charge on any atom is -0.481 e. The Hall–Kier alpha value is -2.84. The Balaban J connectivity index is 1.78. The molecular weight excluding hydrogens is 352 g/mol. The van der Waals surface area contributed by atoms with Gasteiger partial charge in [-0.15, -0.1) is 0 Å². The fourth-order valence-electron chi connectivity index (χ4n) is 3.42. The maximum Gasteiger partial charge on any atom is 0.409 e. The molecule has 2 aliphatic rings. The summed E-state index contributed by atoms with van der Waals surface area (Å²) < 4.78 is 10.4. The number of urea groups is 1. The van der Waals surface area contributed by atoms with Crippen LogP contribution in [0.4, 0.5) is 15.3 Å². The van der Waals surface area contributed by atoms with E-state index in [2.05, 4.69) is 10.3 Å². The lowest BCUT2D eigenvalue weighted by Gasteiger charge is -2.41. The zero-order valence-electron chi connectivity index (χ0n) is 15.7. The second kappa shape index (κ2) is 7.42. The van der Waals surface area contributed by atoms with Crippen molar-refractivity contribution >= 4 is 23.7 Å². The van der Waals surface area contributed by atoms with Crippen LogP contribution >= 0.6 is 0 Å². The van der Waals surface area contributed by atoms with Crippen molar-refractivity contribution in [3.63, 3.8) is 0 Å². The highest BCUT2D eigenvalue weighted by atomic mass is 16.6. The van der Waals surface area contributed by atoms with Crippen LogP contribution in [-0.2, 0) is 9.53 Å². The standard InChI is InChI=1S/C18H24N4O5/c1-12(2)11-27-17(25)21-8-5-18(6-9-21)15(23)20-16(24)22(18)13-4-7-19-14(10-13)26-3/h4,7,10,12H,5-6,8-9,11H2,1-3H3,(H,20,23,24). The van der Waals surface area contributed by atoms with Gasteiger partial charge in [0.2, 0.25) is 5.88 Å². The van der Waals surface area contributed by atoms with E-state index in [0.717, 1.165) is 0 Å². The number of amides is 4. The van der Waals surface area contributed by atoms with Gasteiger partial charge in [0, 0.05) is 25.4 Å². The number of nitrogens with zero attached hydrogens (tertiary/aromatic N) is 3. The van der Waals surface area contributed by atoms with E-state index >= 15 is 0 Å². The summed E-state index contributed by atoms with van der Waals surface area (Å²) in [5.74, 6) is 0.253. The normalized spacial score (nSPS) is 18.8. The largest absolute Gasteiger partial charge is 0.481 e. The number of aromatic nitrogens is 1. The first-order valence-corrected chi connectivity index (χ1v) is 8.95. The minimum atomic E-state index is -1.03. The van der Waals surface area contributed by atoms with Gasteiger partial charge in [0.1, 0.15) is 5.54 Å². The van der Waals surface area contributed by atoms with Gasteiger partial charge in [0.15, 0.2) is 0 Å². The Bertz CT molecular complexity index is 743. The number of hydrogen-bond acceptors (Lipinski definition) is 6. The van der Waals surface area contributed by atoms with E-state index in [1.807, 2.05) is 13.8 Å². The number of nitrogens with one attached hydrogen (secondary N) is 1. The van der Waals surface area contributed by atoms with Crippen molar-refractivity contribution in [2.75, 3.05) is 31.7 Å². The first-order chi connectivity index (χ1) is 12.9. The van der Waals surface area contributed by atoms with Crippen LogP contribution in [0.5, 0.6) is 5.88 Å². The van der Waals surface area contributed by atoms with Gasteiger partial charge in [-0.05, 0) is 24.8 Å². The molecule has 9 heteroatoms. The first kappa shape index (κ1) is 18.9. The van der Waals surface area contributed by atoms with Gasteiger partial charge in [-0.2, -0.15) is 0 Å². The van der Waals surface area contributed by atoms with Gasteiger partial charge in [-0.25, -0.2) is 14.6 Å². The second-order valence-electron chi connectivity index (χ2n) is 7.14. The first-order valence-electron chi connectivity index (χ1n) is 8.95. The van der Waals surface area contributed by atoms with Crippen molar-refractivity contribution in [1.29, 1.82) is 0 Å². The van der Waals surface area contributed by atoms with Crippen molar-refractivity contribution in [3.05, 3.63) is 18.3 Å². The zero-order chi connectivity index (χ0) is 19.6. The number of methoxy groups -OCH3 is 1. The number of carbonyl (C=O) groups is 3. The molecule has 4 amide bonds. The van der Waals surface area contributed by atoms with Crippen molar-refractivity contribution < 1.29 is 23.9 Å². The van der Waals surface area contributed by atoms with Crippen molar-refractivity contribution in [2.24, 2.45) is 5.92 Å². The lowest BCUT2D eigenvalue weighted by atomic mass is 9.86. The van der Waals surface area contributed by atoms with E-state index in [4.69, 9.17) is 9.47 Å². The SMILES string of the molecule is COc1cc(N2C(=O)NC(=O)C23CCN(C(=O)OCC(C)C)CC3)ccn1. The number of imide groups is 1. The number of anilines is 1.